The number of nitrogens with two attached hydrogens (primary N) is 1. The lowest BCUT2D eigenvalue weighted by Gasteiger charge is -2.27. The van der Waals surface area contributed by atoms with Crippen molar-refractivity contribution in [2.45, 2.75) is 19.5 Å². The van der Waals surface area contributed by atoms with E-state index < -0.39 is 0 Å². The Hall–Kier alpha value is -1.83. The van der Waals surface area contributed by atoms with Crippen LogP contribution in [0.2, 0.25) is 0 Å². The van der Waals surface area contributed by atoms with Crippen molar-refractivity contribution in [2.75, 3.05) is 11.9 Å². The number of thiophene rings is 1. The summed E-state index contributed by atoms with van der Waals surface area (Å²) in [6, 6.07) is 12.5. The molecule has 2 rings (SSSR count). The van der Waals surface area contributed by atoms with E-state index in [9.17, 15) is 5.26 Å². The van der Waals surface area contributed by atoms with E-state index in [4.69, 9.17) is 5.73 Å². The topological polar surface area (TPSA) is 53.0 Å². The summed E-state index contributed by atoms with van der Waals surface area (Å²) >= 11 is 1.73. The molecule has 0 saturated heterocycles. The molecule has 98 valence electrons. The van der Waals surface area contributed by atoms with Crippen molar-refractivity contribution in [3.8, 4) is 6.07 Å². The number of benzene rings is 1. The molecule has 1 unspecified atom stereocenters. The molecule has 2 N–H and O–H groups in total. The zero-order valence-electron chi connectivity index (χ0n) is 11.1. The number of nitriles is 1. The first-order valence-corrected chi connectivity index (χ1v) is 7.04. The largest absolute Gasteiger partial charge is 0.366 e. The van der Waals surface area contributed by atoms with E-state index in [2.05, 4.69) is 29.3 Å². The van der Waals surface area contributed by atoms with Gasteiger partial charge in [-0.25, -0.2) is 0 Å². The predicted octanol–water partition coefficient (Wildman–Crippen LogP) is 3.28. The minimum atomic E-state index is 0.246. The van der Waals surface area contributed by atoms with Crippen molar-refractivity contribution in [2.24, 2.45) is 5.73 Å². The first-order chi connectivity index (χ1) is 9.17. The molecule has 0 aliphatic carbocycles. The second kappa shape index (κ2) is 5.87. The van der Waals surface area contributed by atoms with Gasteiger partial charge in [-0.3, -0.25) is 0 Å². The fourth-order valence-corrected chi connectivity index (χ4v) is 2.86. The van der Waals surface area contributed by atoms with Gasteiger partial charge in [0, 0.05) is 18.5 Å². The number of rotatable bonds is 4. The van der Waals surface area contributed by atoms with Crippen LogP contribution in [-0.2, 0) is 6.54 Å². The molecule has 1 aromatic heterocycles. The Morgan fingerprint density at radius 2 is 2.21 bits per heavy atom. The standard InChI is InChI=1S/C15H17N3S/c1-11(15-4-3-7-19-15)18(2)14-6-5-12(9-16)8-13(14)10-17/h3-8,11H,9,16H2,1-2H3. The van der Waals surface area contributed by atoms with Crippen LogP contribution in [0.3, 0.4) is 0 Å². The Balaban J connectivity index is 2.33. The minimum absolute atomic E-state index is 0.246. The lowest BCUT2D eigenvalue weighted by molar-refractivity contribution is 0.753. The second-order valence-corrected chi connectivity index (χ2v) is 5.45. The molecule has 3 nitrogen and oxygen atoms in total. The molecule has 4 heteroatoms. The highest BCUT2D eigenvalue weighted by Crippen LogP contribution is 2.30. The summed E-state index contributed by atoms with van der Waals surface area (Å²) in [5, 5.41) is 11.4. The Kier molecular flexibility index (Phi) is 4.20. The average molecular weight is 271 g/mol. The van der Waals surface area contributed by atoms with Crippen molar-refractivity contribution in [1.29, 1.82) is 5.26 Å². The van der Waals surface area contributed by atoms with Crippen LogP contribution in [0, 0.1) is 11.3 Å². The Morgan fingerprint density at radius 1 is 1.42 bits per heavy atom. The Bertz CT molecular complexity index is 584. The van der Waals surface area contributed by atoms with E-state index in [0.717, 1.165) is 11.3 Å². The summed E-state index contributed by atoms with van der Waals surface area (Å²) in [4.78, 5) is 3.42. The van der Waals surface area contributed by atoms with Gasteiger partial charge in [-0.2, -0.15) is 5.26 Å². The van der Waals surface area contributed by atoms with Gasteiger partial charge in [0.15, 0.2) is 0 Å². The SMILES string of the molecule is CC(c1cccs1)N(C)c1ccc(CN)cc1C#N. The molecule has 0 radical (unpaired) electrons. The maximum atomic E-state index is 9.28. The highest BCUT2D eigenvalue weighted by molar-refractivity contribution is 7.10. The maximum absolute atomic E-state index is 9.28. The van der Waals surface area contributed by atoms with E-state index in [-0.39, 0.29) is 6.04 Å². The molecule has 1 atom stereocenters. The highest BCUT2D eigenvalue weighted by Gasteiger charge is 2.16. The molecule has 0 aliphatic rings. The van der Waals surface area contributed by atoms with Gasteiger partial charge in [0.25, 0.3) is 0 Å². The predicted molar refractivity (Wildman–Crippen MR) is 80.2 cm³/mol. The third-order valence-corrected chi connectivity index (χ3v) is 4.38. The third kappa shape index (κ3) is 2.78. The molecule has 0 aliphatic heterocycles. The number of nitrogens with zero attached hydrogens (tertiary/aromatic N) is 2. The zero-order chi connectivity index (χ0) is 13.8. The van der Waals surface area contributed by atoms with Crippen LogP contribution in [0.25, 0.3) is 0 Å². The molecule has 19 heavy (non-hydrogen) atoms. The summed E-state index contributed by atoms with van der Waals surface area (Å²) in [5.74, 6) is 0. The molecular formula is C15H17N3S. The van der Waals surface area contributed by atoms with Gasteiger partial charge in [0.1, 0.15) is 6.07 Å². The van der Waals surface area contributed by atoms with Crippen molar-refractivity contribution < 1.29 is 0 Å². The monoisotopic (exact) mass is 271 g/mol. The van der Waals surface area contributed by atoms with Gasteiger partial charge >= 0.3 is 0 Å². The lowest BCUT2D eigenvalue weighted by Crippen LogP contribution is -2.21. The van der Waals surface area contributed by atoms with Crippen molar-refractivity contribution in [3.05, 3.63) is 51.7 Å². The molecule has 2 aromatic rings. The van der Waals surface area contributed by atoms with Crippen LogP contribution < -0.4 is 10.6 Å². The summed E-state index contributed by atoms with van der Waals surface area (Å²) in [6.07, 6.45) is 0. The van der Waals surface area contributed by atoms with E-state index >= 15 is 0 Å². The van der Waals surface area contributed by atoms with Gasteiger partial charge in [0.2, 0.25) is 0 Å². The summed E-state index contributed by atoms with van der Waals surface area (Å²) < 4.78 is 0. The maximum Gasteiger partial charge on any atom is 0.101 e. The van der Waals surface area contributed by atoms with Crippen molar-refractivity contribution in [1.82, 2.24) is 0 Å². The van der Waals surface area contributed by atoms with Crippen LogP contribution in [0.5, 0.6) is 0 Å². The minimum Gasteiger partial charge on any atom is -0.366 e. The van der Waals surface area contributed by atoms with Crippen molar-refractivity contribution >= 4 is 17.0 Å². The average Bonchev–Trinajstić information content (AvgIpc) is 2.99. The molecule has 0 bridgehead atoms. The fraction of sp³-hybridized carbons (Fsp3) is 0.267. The molecule has 1 heterocycles. The smallest absolute Gasteiger partial charge is 0.101 e. The number of hydrogen-bond acceptors (Lipinski definition) is 4. The first kappa shape index (κ1) is 13.6. The molecule has 1 aromatic carbocycles. The van der Waals surface area contributed by atoms with E-state index in [1.807, 2.05) is 31.3 Å². The van der Waals surface area contributed by atoms with Gasteiger partial charge in [0.05, 0.1) is 17.3 Å². The first-order valence-electron chi connectivity index (χ1n) is 6.16. The number of anilines is 1. The molecule has 0 amide bonds. The Morgan fingerprint density at radius 3 is 2.79 bits per heavy atom. The summed E-state index contributed by atoms with van der Waals surface area (Å²) in [6.45, 7) is 2.60. The quantitative estimate of drug-likeness (QED) is 0.928. The normalized spacial score (nSPS) is 11.9. The third-order valence-electron chi connectivity index (χ3n) is 3.33. The Labute approximate surface area is 117 Å². The molecule has 0 saturated carbocycles. The lowest BCUT2D eigenvalue weighted by atomic mass is 10.1. The van der Waals surface area contributed by atoms with E-state index in [0.29, 0.717) is 12.1 Å². The molecule has 0 spiro atoms. The van der Waals surface area contributed by atoms with Crippen LogP contribution >= 0.6 is 11.3 Å². The highest BCUT2D eigenvalue weighted by atomic mass is 32.1. The van der Waals surface area contributed by atoms with Crippen LogP contribution in [0.1, 0.15) is 29.0 Å². The van der Waals surface area contributed by atoms with Crippen molar-refractivity contribution in [3.63, 3.8) is 0 Å². The molecule has 0 fully saturated rings. The van der Waals surface area contributed by atoms with Crippen LogP contribution in [0.4, 0.5) is 5.69 Å². The van der Waals surface area contributed by atoms with E-state index in [1.54, 1.807) is 11.3 Å². The molecular weight excluding hydrogens is 254 g/mol. The second-order valence-electron chi connectivity index (χ2n) is 4.47. The van der Waals surface area contributed by atoms with Crippen LogP contribution in [-0.4, -0.2) is 7.05 Å². The summed E-state index contributed by atoms with van der Waals surface area (Å²) in [5.41, 5.74) is 8.22. The number of hydrogen-bond donors (Lipinski definition) is 1. The summed E-state index contributed by atoms with van der Waals surface area (Å²) in [7, 11) is 2.02. The van der Waals surface area contributed by atoms with Gasteiger partial charge in [-0.15, -0.1) is 11.3 Å². The van der Waals surface area contributed by atoms with Gasteiger partial charge < -0.3 is 10.6 Å². The van der Waals surface area contributed by atoms with Gasteiger partial charge in [-0.1, -0.05) is 12.1 Å². The van der Waals surface area contributed by atoms with E-state index in [1.165, 1.54) is 4.88 Å². The van der Waals surface area contributed by atoms with Gasteiger partial charge in [-0.05, 0) is 36.1 Å². The zero-order valence-corrected chi connectivity index (χ0v) is 11.9. The van der Waals surface area contributed by atoms with Crippen LogP contribution in [0.15, 0.2) is 35.7 Å². The fourth-order valence-electron chi connectivity index (χ4n) is 2.04.